The lowest BCUT2D eigenvalue weighted by atomic mass is 9.91. The summed E-state index contributed by atoms with van der Waals surface area (Å²) in [7, 11) is 3.61. The fourth-order valence-corrected chi connectivity index (χ4v) is 2.24. The fourth-order valence-electron chi connectivity index (χ4n) is 2.24. The lowest BCUT2D eigenvalue weighted by molar-refractivity contribution is 0.189. The van der Waals surface area contributed by atoms with Crippen molar-refractivity contribution >= 4 is 0 Å². The number of nitrogens with one attached hydrogen (secondary N) is 1. The predicted octanol–water partition coefficient (Wildman–Crippen LogP) is 2.28. The summed E-state index contributed by atoms with van der Waals surface area (Å²) in [5, 5.41) is 12.7. The molecule has 0 bridgehead atoms. The largest absolute Gasteiger partial charge is 0.496 e. The van der Waals surface area contributed by atoms with Gasteiger partial charge in [0.15, 0.2) is 0 Å². The molecule has 0 spiro atoms. The maximum Gasteiger partial charge on any atom is 0.121 e. The van der Waals surface area contributed by atoms with Crippen LogP contribution in [0.1, 0.15) is 30.5 Å². The molecule has 0 amide bonds. The van der Waals surface area contributed by atoms with Crippen LogP contribution in [0.25, 0.3) is 0 Å². The Morgan fingerprint density at radius 1 is 1.41 bits per heavy atom. The number of aliphatic hydroxyl groups excluding tert-OH is 1. The molecule has 0 aromatic heterocycles. The molecule has 0 saturated heterocycles. The molecule has 0 aliphatic heterocycles. The van der Waals surface area contributed by atoms with Gasteiger partial charge in [-0.05, 0) is 37.6 Å². The Hall–Kier alpha value is -1.06. The van der Waals surface area contributed by atoms with Crippen molar-refractivity contribution in [3.63, 3.8) is 0 Å². The molecule has 0 aliphatic carbocycles. The van der Waals surface area contributed by atoms with Crippen LogP contribution in [0.5, 0.6) is 5.75 Å². The van der Waals surface area contributed by atoms with Crippen LogP contribution in [0.15, 0.2) is 18.2 Å². The number of aryl methyl sites for hydroxylation is 1. The van der Waals surface area contributed by atoms with E-state index in [9.17, 15) is 5.11 Å². The smallest absolute Gasteiger partial charge is 0.121 e. The Morgan fingerprint density at radius 3 is 2.53 bits per heavy atom. The normalized spacial score (nSPS) is 14.4. The molecule has 0 radical (unpaired) electrons. The number of hydrogen-bond donors (Lipinski definition) is 2. The maximum absolute atomic E-state index is 9.39. The standard InChI is InChI=1S/C14H23NO2/c1-5-11(9-16)14(15-3)12-6-7-13(17-4)10(2)8-12/h6-8,11,14-16H,5,9H2,1-4H3. The van der Waals surface area contributed by atoms with E-state index in [2.05, 4.69) is 24.4 Å². The van der Waals surface area contributed by atoms with Crippen molar-refractivity contribution in [1.29, 1.82) is 0 Å². The number of aliphatic hydroxyl groups is 1. The summed E-state index contributed by atoms with van der Waals surface area (Å²) in [5.41, 5.74) is 2.32. The van der Waals surface area contributed by atoms with Gasteiger partial charge in [0.2, 0.25) is 0 Å². The second kappa shape index (κ2) is 6.62. The van der Waals surface area contributed by atoms with Gasteiger partial charge in [-0.3, -0.25) is 0 Å². The first-order valence-electron chi connectivity index (χ1n) is 6.10. The number of benzene rings is 1. The van der Waals surface area contributed by atoms with Gasteiger partial charge in [-0.2, -0.15) is 0 Å². The Balaban J connectivity index is 3.00. The summed E-state index contributed by atoms with van der Waals surface area (Å²) in [4.78, 5) is 0. The maximum atomic E-state index is 9.39. The Bertz CT molecular complexity index is 348. The van der Waals surface area contributed by atoms with E-state index >= 15 is 0 Å². The van der Waals surface area contributed by atoms with Crippen molar-refractivity contribution in [2.24, 2.45) is 5.92 Å². The first-order chi connectivity index (χ1) is 8.17. The van der Waals surface area contributed by atoms with Gasteiger partial charge in [-0.1, -0.05) is 19.1 Å². The highest BCUT2D eigenvalue weighted by Crippen LogP contribution is 2.28. The second-order valence-electron chi connectivity index (χ2n) is 4.35. The van der Waals surface area contributed by atoms with Gasteiger partial charge in [0.25, 0.3) is 0 Å². The predicted molar refractivity (Wildman–Crippen MR) is 70.4 cm³/mol. The molecule has 0 heterocycles. The first-order valence-corrected chi connectivity index (χ1v) is 6.10. The van der Waals surface area contributed by atoms with Crippen LogP contribution in [0.2, 0.25) is 0 Å². The van der Waals surface area contributed by atoms with Crippen molar-refractivity contribution in [3.8, 4) is 5.75 Å². The average molecular weight is 237 g/mol. The zero-order valence-corrected chi connectivity index (χ0v) is 11.2. The summed E-state index contributed by atoms with van der Waals surface area (Å²) >= 11 is 0. The van der Waals surface area contributed by atoms with Gasteiger partial charge in [0.05, 0.1) is 7.11 Å². The second-order valence-corrected chi connectivity index (χ2v) is 4.35. The highest BCUT2D eigenvalue weighted by atomic mass is 16.5. The number of ether oxygens (including phenoxy) is 1. The van der Waals surface area contributed by atoms with Crippen LogP contribution in [-0.2, 0) is 0 Å². The van der Waals surface area contributed by atoms with Crippen molar-refractivity contribution < 1.29 is 9.84 Å². The van der Waals surface area contributed by atoms with Crippen molar-refractivity contribution in [2.45, 2.75) is 26.3 Å². The first kappa shape index (κ1) is 14.0. The molecule has 3 nitrogen and oxygen atoms in total. The molecule has 1 aromatic rings. The molecule has 0 aliphatic rings. The van der Waals surface area contributed by atoms with Crippen LogP contribution >= 0.6 is 0 Å². The third-order valence-electron chi connectivity index (χ3n) is 3.32. The molecule has 0 saturated carbocycles. The molecule has 0 fully saturated rings. The van der Waals surface area contributed by atoms with Gasteiger partial charge < -0.3 is 15.2 Å². The van der Waals surface area contributed by atoms with E-state index in [4.69, 9.17) is 4.74 Å². The van der Waals surface area contributed by atoms with Crippen LogP contribution in [0.4, 0.5) is 0 Å². The number of rotatable bonds is 6. The fraction of sp³-hybridized carbons (Fsp3) is 0.571. The molecule has 1 aromatic carbocycles. The molecule has 2 N–H and O–H groups in total. The monoisotopic (exact) mass is 237 g/mol. The molecular formula is C14H23NO2. The van der Waals surface area contributed by atoms with Crippen LogP contribution in [0, 0.1) is 12.8 Å². The van der Waals surface area contributed by atoms with E-state index in [1.807, 2.05) is 20.0 Å². The minimum atomic E-state index is 0.189. The lowest BCUT2D eigenvalue weighted by Crippen LogP contribution is -2.27. The third kappa shape index (κ3) is 3.20. The van der Waals surface area contributed by atoms with E-state index in [0.29, 0.717) is 0 Å². The van der Waals surface area contributed by atoms with E-state index in [1.54, 1.807) is 7.11 Å². The SMILES string of the molecule is CCC(CO)C(NC)c1ccc(OC)c(C)c1. The highest BCUT2D eigenvalue weighted by molar-refractivity contribution is 5.37. The Kier molecular flexibility index (Phi) is 5.45. The summed E-state index contributed by atoms with van der Waals surface area (Å²) in [6, 6.07) is 6.36. The third-order valence-corrected chi connectivity index (χ3v) is 3.32. The molecule has 96 valence electrons. The van der Waals surface area contributed by atoms with Crippen molar-refractivity contribution in [2.75, 3.05) is 20.8 Å². The molecule has 2 atom stereocenters. The van der Waals surface area contributed by atoms with Crippen LogP contribution < -0.4 is 10.1 Å². The molecule has 2 unspecified atom stereocenters. The van der Waals surface area contributed by atoms with E-state index < -0.39 is 0 Å². The van der Waals surface area contributed by atoms with E-state index in [-0.39, 0.29) is 18.6 Å². The quantitative estimate of drug-likeness (QED) is 0.797. The minimum Gasteiger partial charge on any atom is -0.496 e. The van der Waals surface area contributed by atoms with Gasteiger partial charge >= 0.3 is 0 Å². The van der Waals surface area contributed by atoms with Crippen molar-refractivity contribution in [1.82, 2.24) is 5.32 Å². The summed E-state index contributed by atoms with van der Waals surface area (Å²) in [5.74, 6) is 1.15. The topological polar surface area (TPSA) is 41.5 Å². The minimum absolute atomic E-state index is 0.189. The number of hydrogen-bond acceptors (Lipinski definition) is 3. The molecule has 17 heavy (non-hydrogen) atoms. The van der Waals surface area contributed by atoms with Gasteiger partial charge in [0, 0.05) is 18.6 Å². The van der Waals surface area contributed by atoms with Crippen LogP contribution in [0.3, 0.4) is 0 Å². The van der Waals surface area contributed by atoms with E-state index in [1.165, 1.54) is 5.56 Å². The van der Waals surface area contributed by atoms with Gasteiger partial charge in [-0.15, -0.1) is 0 Å². The Morgan fingerprint density at radius 2 is 2.12 bits per heavy atom. The molecular weight excluding hydrogens is 214 g/mol. The average Bonchev–Trinajstić information content (AvgIpc) is 2.35. The zero-order valence-electron chi connectivity index (χ0n) is 11.2. The highest BCUT2D eigenvalue weighted by Gasteiger charge is 2.19. The lowest BCUT2D eigenvalue weighted by Gasteiger charge is -2.25. The molecule has 3 heteroatoms. The zero-order chi connectivity index (χ0) is 12.8. The number of methoxy groups -OCH3 is 1. The summed E-state index contributed by atoms with van der Waals surface area (Å²) in [6.45, 7) is 4.34. The van der Waals surface area contributed by atoms with E-state index in [0.717, 1.165) is 17.7 Å². The van der Waals surface area contributed by atoms with Gasteiger partial charge in [0.1, 0.15) is 5.75 Å². The molecule has 1 rings (SSSR count). The van der Waals surface area contributed by atoms with Gasteiger partial charge in [-0.25, -0.2) is 0 Å². The summed E-state index contributed by atoms with van der Waals surface area (Å²) < 4.78 is 5.26. The summed E-state index contributed by atoms with van der Waals surface area (Å²) in [6.07, 6.45) is 0.951. The van der Waals surface area contributed by atoms with Crippen molar-refractivity contribution in [3.05, 3.63) is 29.3 Å². The van der Waals surface area contributed by atoms with Crippen LogP contribution in [-0.4, -0.2) is 25.9 Å². The Labute approximate surface area is 104 Å².